The lowest BCUT2D eigenvalue weighted by Crippen LogP contribution is -2.64. The minimum absolute atomic E-state index is 0.136. The van der Waals surface area contributed by atoms with Gasteiger partial charge in [0.1, 0.15) is 0 Å². The lowest BCUT2D eigenvalue weighted by atomic mass is 10.0. The summed E-state index contributed by atoms with van der Waals surface area (Å²) < 4.78 is 1.05. The highest BCUT2D eigenvalue weighted by molar-refractivity contribution is 9.10. The van der Waals surface area contributed by atoms with Gasteiger partial charge in [-0.25, -0.2) is 0 Å². The largest absolute Gasteiger partial charge is 0.369 e. The minimum atomic E-state index is 0.136. The molecule has 3 aromatic rings. The van der Waals surface area contributed by atoms with E-state index in [4.69, 9.17) is 0 Å². The van der Waals surface area contributed by atoms with E-state index in [0.717, 1.165) is 65.8 Å². The first-order chi connectivity index (χ1) is 15.1. The maximum Gasteiger partial charge on any atom is 0.253 e. The van der Waals surface area contributed by atoms with E-state index in [2.05, 4.69) is 68.7 Å². The van der Waals surface area contributed by atoms with Crippen LogP contribution in [0.1, 0.15) is 15.9 Å². The number of nitrogens with zero attached hydrogens (tertiary/aromatic N) is 3. The molecular weight excluding hydrogens is 450 g/mol. The third-order valence-electron chi connectivity index (χ3n) is 6.52. The fourth-order valence-corrected chi connectivity index (χ4v) is 4.93. The predicted molar refractivity (Wildman–Crippen MR) is 130 cm³/mol. The molecule has 0 spiro atoms. The Hall–Kier alpha value is -2.63. The topological polar surface area (TPSA) is 26.8 Å². The Balaban J connectivity index is 1.15. The number of hydrogen-bond donors (Lipinski definition) is 0. The molecule has 0 radical (unpaired) electrons. The van der Waals surface area contributed by atoms with Gasteiger partial charge in [-0.3, -0.25) is 9.69 Å². The highest BCUT2D eigenvalue weighted by atomic mass is 79.9. The zero-order valence-electron chi connectivity index (χ0n) is 17.5. The molecule has 5 rings (SSSR count). The maximum atomic E-state index is 12.9. The van der Waals surface area contributed by atoms with Gasteiger partial charge in [0.2, 0.25) is 0 Å². The van der Waals surface area contributed by atoms with E-state index in [-0.39, 0.29) is 5.91 Å². The Morgan fingerprint density at radius 2 is 1.48 bits per heavy atom. The lowest BCUT2D eigenvalue weighted by Gasteiger charge is -2.48. The summed E-state index contributed by atoms with van der Waals surface area (Å²) in [7, 11) is 0. The van der Waals surface area contributed by atoms with E-state index in [1.165, 1.54) is 5.56 Å². The number of piperazine rings is 1. The van der Waals surface area contributed by atoms with Crippen LogP contribution in [0.25, 0.3) is 16.5 Å². The number of benzene rings is 3. The highest BCUT2D eigenvalue weighted by Crippen LogP contribution is 2.25. The van der Waals surface area contributed by atoms with E-state index in [1.54, 1.807) is 0 Å². The molecule has 5 heteroatoms. The maximum absolute atomic E-state index is 12.9. The zero-order chi connectivity index (χ0) is 21.4. The van der Waals surface area contributed by atoms with Crippen LogP contribution < -0.4 is 0 Å². The number of amides is 1. The molecule has 0 bridgehead atoms. The van der Waals surface area contributed by atoms with Crippen LogP contribution in [0.5, 0.6) is 0 Å². The lowest BCUT2D eigenvalue weighted by molar-refractivity contribution is 0.0144. The van der Waals surface area contributed by atoms with Crippen LogP contribution in [0.15, 0.2) is 77.8 Å². The van der Waals surface area contributed by atoms with Gasteiger partial charge in [-0.05, 0) is 40.6 Å². The molecule has 0 aliphatic carbocycles. The molecule has 1 amide bonds. The van der Waals surface area contributed by atoms with E-state index in [1.807, 2.05) is 35.2 Å². The molecular formula is C26H26BrN3O. The number of carbonyl (C=O) groups excluding carboxylic acids is 1. The Bertz CT molecular complexity index is 1120. The molecule has 0 saturated carbocycles. The van der Waals surface area contributed by atoms with E-state index in [9.17, 15) is 4.79 Å². The van der Waals surface area contributed by atoms with Gasteiger partial charge in [0.25, 0.3) is 5.91 Å². The SMILES string of the molecule is C=C(c1ccccc1)N1CCN(C2CN(C(=O)c3ccc4cc(Br)ccc4c3)C2)CC1. The summed E-state index contributed by atoms with van der Waals surface area (Å²) in [6.07, 6.45) is 0. The van der Waals surface area contributed by atoms with Crippen LogP contribution in [0.2, 0.25) is 0 Å². The first-order valence-corrected chi connectivity index (χ1v) is 11.6. The first-order valence-electron chi connectivity index (χ1n) is 10.8. The van der Waals surface area contributed by atoms with Gasteiger partial charge in [-0.2, -0.15) is 0 Å². The van der Waals surface area contributed by atoms with Gasteiger partial charge in [-0.15, -0.1) is 0 Å². The second-order valence-electron chi connectivity index (χ2n) is 8.41. The molecule has 2 aliphatic heterocycles. The van der Waals surface area contributed by atoms with Crippen molar-refractivity contribution >= 4 is 38.3 Å². The van der Waals surface area contributed by atoms with Crippen molar-refractivity contribution in [1.82, 2.24) is 14.7 Å². The molecule has 0 atom stereocenters. The summed E-state index contributed by atoms with van der Waals surface area (Å²) in [6, 6.07) is 23.0. The van der Waals surface area contributed by atoms with Crippen molar-refractivity contribution < 1.29 is 4.79 Å². The van der Waals surface area contributed by atoms with Gasteiger partial charge in [-0.1, -0.05) is 65.0 Å². The van der Waals surface area contributed by atoms with Gasteiger partial charge in [0.05, 0.1) is 0 Å². The van der Waals surface area contributed by atoms with Crippen molar-refractivity contribution in [1.29, 1.82) is 0 Å². The van der Waals surface area contributed by atoms with Gasteiger partial charge < -0.3 is 9.80 Å². The molecule has 2 heterocycles. The summed E-state index contributed by atoms with van der Waals surface area (Å²) in [5.74, 6) is 0.136. The second-order valence-corrected chi connectivity index (χ2v) is 9.32. The molecule has 0 N–H and O–H groups in total. The van der Waals surface area contributed by atoms with Gasteiger partial charge in [0, 0.05) is 61.0 Å². The molecule has 0 unspecified atom stereocenters. The van der Waals surface area contributed by atoms with Crippen LogP contribution in [-0.4, -0.2) is 65.9 Å². The van der Waals surface area contributed by atoms with Crippen LogP contribution >= 0.6 is 15.9 Å². The fraction of sp³-hybridized carbons (Fsp3) is 0.269. The molecule has 3 aromatic carbocycles. The Morgan fingerprint density at radius 3 is 2.23 bits per heavy atom. The van der Waals surface area contributed by atoms with Crippen LogP contribution in [0.3, 0.4) is 0 Å². The quantitative estimate of drug-likeness (QED) is 0.546. The Labute approximate surface area is 191 Å². The summed E-state index contributed by atoms with van der Waals surface area (Å²) in [5.41, 5.74) is 3.07. The molecule has 0 aromatic heterocycles. The van der Waals surface area contributed by atoms with E-state index >= 15 is 0 Å². The third kappa shape index (κ3) is 4.12. The van der Waals surface area contributed by atoms with Crippen molar-refractivity contribution in [3.8, 4) is 0 Å². The molecule has 2 aliphatic rings. The van der Waals surface area contributed by atoms with Crippen molar-refractivity contribution in [2.75, 3.05) is 39.3 Å². The number of rotatable bonds is 4. The van der Waals surface area contributed by atoms with E-state index < -0.39 is 0 Å². The first kappa shape index (κ1) is 20.3. The standard InChI is InChI=1S/C26H26BrN3O/c1-19(20-5-3-2-4-6-20)28-11-13-29(14-12-28)25-17-30(18-25)26(31)23-8-7-22-16-24(27)10-9-21(22)15-23/h2-10,15-16,25H,1,11-14,17-18H2. The zero-order valence-corrected chi connectivity index (χ0v) is 19.1. The summed E-state index contributed by atoms with van der Waals surface area (Å²) in [6.45, 7) is 9.94. The number of likely N-dealkylation sites (tertiary alicyclic amines) is 1. The highest BCUT2D eigenvalue weighted by Gasteiger charge is 2.36. The average Bonchev–Trinajstić information content (AvgIpc) is 2.78. The van der Waals surface area contributed by atoms with E-state index in [0.29, 0.717) is 6.04 Å². The van der Waals surface area contributed by atoms with Crippen molar-refractivity contribution in [2.24, 2.45) is 0 Å². The number of halogens is 1. The molecule has 2 fully saturated rings. The fourth-order valence-electron chi connectivity index (χ4n) is 4.55. The van der Waals surface area contributed by atoms with Crippen LogP contribution in [0, 0.1) is 0 Å². The van der Waals surface area contributed by atoms with Crippen LogP contribution in [-0.2, 0) is 0 Å². The smallest absolute Gasteiger partial charge is 0.253 e. The number of hydrogen-bond acceptors (Lipinski definition) is 3. The van der Waals surface area contributed by atoms with Crippen molar-refractivity contribution in [2.45, 2.75) is 6.04 Å². The average molecular weight is 476 g/mol. The second kappa shape index (κ2) is 8.48. The summed E-state index contributed by atoms with van der Waals surface area (Å²) in [4.78, 5) is 19.8. The van der Waals surface area contributed by atoms with Crippen LogP contribution in [0.4, 0.5) is 0 Å². The minimum Gasteiger partial charge on any atom is -0.369 e. The third-order valence-corrected chi connectivity index (χ3v) is 7.01. The van der Waals surface area contributed by atoms with Gasteiger partial charge in [0.15, 0.2) is 0 Å². The molecule has 2 saturated heterocycles. The number of fused-ring (bicyclic) bond motifs is 1. The molecule has 158 valence electrons. The normalized spacial score (nSPS) is 17.6. The number of carbonyl (C=O) groups is 1. The van der Waals surface area contributed by atoms with Gasteiger partial charge >= 0.3 is 0 Å². The molecule has 31 heavy (non-hydrogen) atoms. The van der Waals surface area contributed by atoms with Crippen molar-refractivity contribution in [3.05, 3.63) is 88.9 Å². The van der Waals surface area contributed by atoms with Crippen molar-refractivity contribution in [3.63, 3.8) is 0 Å². The summed E-state index contributed by atoms with van der Waals surface area (Å²) >= 11 is 3.50. The molecule has 4 nitrogen and oxygen atoms in total. The Morgan fingerprint density at radius 1 is 0.806 bits per heavy atom. The monoisotopic (exact) mass is 475 g/mol. The Kier molecular flexibility index (Phi) is 5.55. The predicted octanol–water partition coefficient (Wildman–Crippen LogP) is 4.72. The summed E-state index contributed by atoms with van der Waals surface area (Å²) in [5, 5.41) is 2.24.